The first-order valence-electron chi connectivity index (χ1n) is 5.83. The van der Waals surface area contributed by atoms with Crippen LogP contribution in [0.25, 0.3) is 0 Å². The summed E-state index contributed by atoms with van der Waals surface area (Å²) in [5, 5.41) is 4.60. The zero-order valence-corrected chi connectivity index (χ0v) is 12.8. The fourth-order valence-corrected chi connectivity index (χ4v) is 2.27. The summed E-state index contributed by atoms with van der Waals surface area (Å²) in [5.74, 6) is -1.35. The van der Waals surface area contributed by atoms with Crippen molar-refractivity contribution in [1.29, 1.82) is 0 Å². The number of carbonyl (C=O) groups excluding carboxylic acids is 3. The number of alkyl halides is 2. The summed E-state index contributed by atoms with van der Waals surface area (Å²) < 4.78 is 0. The monoisotopic (exact) mass is 349 g/mol. The summed E-state index contributed by atoms with van der Waals surface area (Å²) >= 11 is 16.9. The number of halogens is 3. The minimum absolute atomic E-state index is 0.0475. The third-order valence-electron chi connectivity index (χ3n) is 2.73. The van der Waals surface area contributed by atoms with Crippen molar-refractivity contribution in [3.63, 3.8) is 0 Å². The lowest BCUT2D eigenvalue weighted by Gasteiger charge is -2.37. The molecule has 0 unspecified atom stereocenters. The molecule has 0 spiro atoms. The number of hydrogen-bond donors (Lipinski definition) is 1. The van der Waals surface area contributed by atoms with E-state index in [0.29, 0.717) is 10.6 Å². The fourth-order valence-electron chi connectivity index (χ4n) is 1.83. The fraction of sp³-hybridized carbons (Fsp3) is 0.250. The number of benzene rings is 1. The second kappa shape index (κ2) is 6.51. The highest BCUT2D eigenvalue weighted by atomic mass is 35.5. The largest absolute Gasteiger partial charge is 0.343 e. The van der Waals surface area contributed by atoms with Crippen LogP contribution in [-0.2, 0) is 16.1 Å². The van der Waals surface area contributed by atoms with Gasteiger partial charge in [-0.05, 0) is 17.7 Å². The Morgan fingerprint density at radius 2 is 2.05 bits per heavy atom. The number of carbonyl (C=O) groups is 3. The molecule has 112 valence electrons. The quantitative estimate of drug-likeness (QED) is 0.847. The Labute approximate surface area is 135 Å². The molecule has 1 aliphatic heterocycles. The van der Waals surface area contributed by atoms with Gasteiger partial charge in [-0.25, -0.2) is 14.8 Å². The lowest BCUT2D eigenvalue weighted by molar-refractivity contribution is -0.151. The maximum absolute atomic E-state index is 11.9. The van der Waals surface area contributed by atoms with Gasteiger partial charge in [0, 0.05) is 5.02 Å². The van der Waals surface area contributed by atoms with E-state index in [0.717, 1.165) is 10.0 Å². The zero-order valence-electron chi connectivity index (χ0n) is 10.6. The molecule has 1 aromatic rings. The Kier molecular flexibility index (Phi) is 4.92. The molecular formula is C12H10Cl3N3O3. The summed E-state index contributed by atoms with van der Waals surface area (Å²) in [6, 6.07) is 6.04. The van der Waals surface area contributed by atoms with Gasteiger partial charge in [0.15, 0.2) is 4.84 Å². The van der Waals surface area contributed by atoms with Crippen LogP contribution in [0.4, 0.5) is 4.79 Å². The van der Waals surface area contributed by atoms with E-state index in [-0.39, 0.29) is 13.1 Å². The number of rotatable bonds is 3. The molecule has 0 atom stereocenters. The van der Waals surface area contributed by atoms with Crippen LogP contribution in [0, 0.1) is 0 Å². The first-order chi connectivity index (χ1) is 9.88. The van der Waals surface area contributed by atoms with Crippen molar-refractivity contribution in [2.24, 2.45) is 0 Å². The van der Waals surface area contributed by atoms with Crippen molar-refractivity contribution in [3.05, 3.63) is 34.9 Å². The maximum Gasteiger partial charge on any atom is 0.343 e. The number of nitrogens with one attached hydrogen (secondary N) is 1. The van der Waals surface area contributed by atoms with Gasteiger partial charge in [-0.1, -0.05) is 46.9 Å². The second-order valence-electron chi connectivity index (χ2n) is 4.24. The molecule has 1 N–H and O–H groups in total. The molecule has 9 heteroatoms. The predicted molar refractivity (Wildman–Crippen MR) is 77.7 cm³/mol. The molecule has 1 heterocycles. The van der Waals surface area contributed by atoms with Crippen LogP contribution in [0.3, 0.4) is 0 Å². The average Bonchev–Trinajstić information content (AvgIpc) is 2.40. The Morgan fingerprint density at radius 3 is 2.67 bits per heavy atom. The predicted octanol–water partition coefficient (Wildman–Crippen LogP) is 1.94. The van der Waals surface area contributed by atoms with Gasteiger partial charge in [0.1, 0.15) is 6.54 Å². The third kappa shape index (κ3) is 3.78. The average molecular weight is 351 g/mol. The van der Waals surface area contributed by atoms with E-state index < -0.39 is 22.7 Å². The molecule has 1 aromatic carbocycles. The summed E-state index contributed by atoms with van der Waals surface area (Å²) in [6.45, 7) is -0.285. The van der Waals surface area contributed by atoms with Crippen molar-refractivity contribution < 1.29 is 14.4 Å². The van der Waals surface area contributed by atoms with Crippen LogP contribution >= 0.6 is 34.8 Å². The molecule has 6 nitrogen and oxygen atoms in total. The van der Waals surface area contributed by atoms with Crippen molar-refractivity contribution in [2.45, 2.75) is 11.4 Å². The van der Waals surface area contributed by atoms with E-state index in [9.17, 15) is 14.4 Å². The van der Waals surface area contributed by atoms with Crippen LogP contribution < -0.4 is 5.32 Å². The Hall–Kier alpha value is -1.50. The molecule has 21 heavy (non-hydrogen) atoms. The van der Waals surface area contributed by atoms with Gasteiger partial charge < -0.3 is 0 Å². The standard InChI is InChI=1S/C12H10Cl3N3O3/c13-8-3-1-2-7(4-8)5-18-12(21)16-9(19)6-17(18)11(20)10(14)15/h1-4,10H,5-6H2,(H,16,19,21). The molecule has 1 saturated heterocycles. The SMILES string of the molecule is O=C1CN(C(=O)C(Cl)Cl)N(Cc2cccc(Cl)c2)C(=O)N1. The number of amides is 4. The number of hydrogen-bond acceptors (Lipinski definition) is 3. The molecule has 1 aliphatic rings. The minimum Gasteiger partial charge on any atom is -0.275 e. The number of imide groups is 1. The molecule has 0 aliphatic carbocycles. The first-order valence-corrected chi connectivity index (χ1v) is 7.09. The van der Waals surface area contributed by atoms with Gasteiger partial charge in [-0.3, -0.25) is 14.9 Å². The van der Waals surface area contributed by atoms with Gasteiger partial charge >= 0.3 is 6.03 Å². The minimum atomic E-state index is -1.37. The smallest absolute Gasteiger partial charge is 0.275 e. The summed E-state index contributed by atoms with van der Waals surface area (Å²) in [6.07, 6.45) is 0. The summed E-state index contributed by atoms with van der Waals surface area (Å²) in [7, 11) is 0. The first kappa shape index (κ1) is 15.9. The molecule has 2 rings (SSSR count). The molecule has 1 fully saturated rings. The molecule has 0 radical (unpaired) electrons. The van der Waals surface area contributed by atoms with E-state index in [1.54, 1.807) is 24.3 Å². The number of urea groups is 1. The Morgan fingerprint density at radius 1 is 1.33 bits per heavy atom. The Bertz CT molecular complexity index is 594. The second-order valence-corrected chi connectivity index (χ2v) is 5.77. The van der Waals surface area contributed by atoms with E-state index in [4.69, 9.17) is 34.8 Å². The molecule has 0 saturated carbocycles. The normalized spacial score (nSPS) is 15.4. The summed E-state index contributed by atoms with van der Waals surface area (Å²) in [5.41, 5.74) is 0.686. The lowest BCUT2D eigenvalue weighted by Crippen LogP contribution is -2.62. The van der Waals surface area contributed by atoms with Crippen LogP contribution in [0.2, 0.25) is 5.02 Å². The van der Waals surface area contributed by atoms with Crippen molar-refractivity contribution in [3.8, 4) is 0 Å². The number of nitrogens with zero attached hydrogens (tertiary/aromatic N) is 2. The topological polar surface area (TPSA) is 69.7 Å². The number of hydrazine groups is 1. The van der Waals surface area contributed by atoms with Gasteiger partial charge in [0.05, 0.1) is 6.54 Å². The highest BCUT2D eigenvalue weighted by Gasteiger charge is 2.36. The van der Waals surface area contributed by atoms with E-state index in [1.807, 2.05) is 0 Å². The third-order valence-corrected chi connectivity index (χ3v) is 3.34. The maximum atomic E-state index is 11.9. The van der Waals surface area contributed by atoms with Crippen molar-refractivity contribution >= 4 is 52.6 Å². The zero-order chi connectivity index (χ0) is 15.6. The highest BCUT2D eigenvalue weighted by Crippen LogP contribution is 2.18. The van der Waals surface area contributed by atoms with E-state index in [1.165, 1.54) is 0 Å². The molecule has 0 bridgehead atoms. The summed E-state index contributed by atoms with van der Waals surface area (Å²) in [4.78, 5) is 33.9. The lowest BCUT2D eigenvalue weighted by atomic mass is 10.2. The van der Waals surface area contributed by atoms with E-state index >= 15 is 0 Å². The molecular weight excluding hydrogens is 341 g/mol. The van der Waals surface area contributed by atoms with Crippen LogP contribution in [-0.4, -0.2) is 39.2 Å². The van der Waals surface area contributed by atoms with E-state index in [2.05, 4.69) is 5.32 Å². The van der Waals surface area contributed by atoms with Crippen LogP contribution in [0.5, 0.6) is 0 Å². The highest BCUT2D eigenvalue weighted by molar-refractivity contribution is 6.53. The van der Waals surface area contributed by atoms with Crippen LogP contribution in [0.1, 0.15) is 5.56 Å². The Balaban J connectivity index is 2.25. The van der Waals surface area contributed by atoms with Gasteiger partial charge in [0.2, 0.25) is 5.91 Å². The van der Waals surface area contributed by atoms with Gasteiger partial charge in [0.25, 0.3) is 5.91 Å². The van der Waals surface area contributed by atoms with Crippen LogP contribution in [0.15, 0.2) is 24.3 Å². The van der Waals surface area contributed by atoms with Crippen molar-refractivity contribution in [1.82, 2.24) is 15.3 Å². The van der Waals surface area contributed by atoms with Crippen molar-refractivity contribution in [2.75, 3.05) is 6.54 Å². The van der Waals surface area contributed by atoms with Gasteiger partial charge in [-0.2, -0.15) is 0 Å². The molecule has 0 aromatic heterocycles. The van der Waals surface area contributed by atoms with Gasteiger partial charge in [-0.15, -0.1) is 0 Å². The molecule has 4 amide bonds.